The first kappa shape index (κ1) is 18.6. The first-order chi connectivity index (χ1) is 14.1. The Kier molecular flexibility index (Phi) is 4.42. The highest BCUT2D eigenvalue weighted by Gasteiger charge is 2.52. The second-order valence-electron chi connectivity index (χ2n) is 11.2. The summed E-state index contributed by atoms with van der Waals surface area (Å²) in [5.41, 5.74) is 2.14. The van der Waals surface area contributed by atoms with Crippen LogP contribution in [-0.4, -0.2) is 71.1 Å². The number of nitrogens with zero attached hydrogens (tertiary/aromatic N) is 5. The number of rotatable bonds is 3. The van der Waals surface area contributed by atoms with Crippen molar-refractivity contribution in [2.24, 2.45) is 11.3 Å². The second-order valence-corrected chi connectivity index (χ2v) is 11.2. The zero-order valence-corrected chi connectivity index (χ0v) is 18.3. The van der Waals surface area contributed by atoms with Gasteiger partial charge in [0.1, 0.15) is 0 Å². The van der Waals surface area contributed by atoms with Crippen molar-refractivity contribution in [3.63, 3.8) is 0 Å². The predicted octanol–water partition coefficient (Wildman–Crippen LogP) is 3.52. The van der Waals surface area contributed by atoms with Crippen LogP contribution >= 0.6 is 0 Å². The van der Waals surface area contributed by atoms with Crippen molar-refractivity contribution in [3.8, 4) is 0 Å². The van der Waals surface area contributed by atoms with E-state index in [1.165, 1.54) is 70.0 Å². The summed E-state index contributed by atoms with van der Waals surface area (Å²) in [6.07, 6.45) is 15.4. The third-order valence-corrected chi connectivity index (χ3v) is 8.97. The minimum absolute atomic E-state index is 0.609. The van der Waals surface area contributed by atoms with Gasteiger partial charge in [-0.1, -0.05) is 6.92 Å². The van der Waals surface area contributed by atoms with Gasteiger partial charge in [0.15, 0.2) is 0 Å². The normalized spacial score (nSPS) is 40.8. The first-order valence-corrected chi connectivity index (χ1v) is 12.1. The summed E-state index contributed by atoms with van der Waals surface area (Å²) in [5, 5.41) is 0. The number of likely N-dealkylation sites (tertiary alicyclic amines) is 2. The molecule has 2 saturated carbocycles. The maximum absolute atomic E-state index is 4.85. The monoisotopic (exact) mass is 395 g/mol. The van der Waals surface area contributed by atoms with Crippen LogP contribution in [0.25, 0.3) is 0 Å². The van der Waals surface area contributed by atoms with E-state index in [9.17, 15) is 0 Å². The molecule has 6 rings (SSSR count). The van der Waals surface area contributed by atoms with Crippen LogP contribution in [0.2, 0.25) is 0 Å². The first-order valence-electron chi connectivity index (χ1n) is 12.1. The molecule has 1 aromatic rings. The number of fused-ring (bicyclic) bond motifs is 2. The van der Waals surface area contributed by atoms with Crippen LogP contribution in [-0.2, 0) is 0 Å². The zero-order chi connectivity index (χ0) is 19.6. The molecule has 2 aliphatic carbocycles. The van der Waals surface area contributed by atoms with Gasteiger partial charge in [-0.3, -0.25) is 0 Å². The highest BCUT2D eigenvalue weighted by atomic mass is 15.4. The van der Waals surface area contributed by atoms with Crippen LogP contribution in [0, 0.1) is 11.3 Å². The number of hydrogen-bond acceptors (Lipinski definition) is 5. The topological polar surface area (TPSA) is 35.5 Å². The molecule has 0 N–H and O–H groups in total. The van der Waals surface area contributed by atoms with Gasteiger partial charge >= 0.3 is 0 Å². The van der Waals surface area contributed by atoms with Crippen molar-refractivity contribution >= 4 is 5.95 Å². The van der Waals surface area contributed by atoms with Gasteiger partial charge in [-0.15, -0.1) is 0 Å². The van der Waals surface area contributed by atoms with Gasteiger partial charge in [0.2, 0.25) is 5.95 Å². The lowest BCUT2D eigenvalue weighted by molar-refractivity contribution is -0.0879. The van der Waals surface area contributed by atoms with E-state index in [0.29, 0.717) is 18.0 Å². The van der Waals surface area contributed by atoms with Crippen LogP contribution < -0.4 is 4.90 Å². The summed E-state index contributed by atoms with van der Waals surface area (Å²) in [6, 6.07) is 2.10. The molecule has 4 heterocycles. The number of likely N-dealkylation sites (N-methyl/N-ethyl adjacent to an activating group) is 1. The fraction of sp³-hybridized carbons (Fsp3) is 0.833. The molecule has 29 heavy (non-hydrogen) atoms. The predicted molar refractivity (Wildman–Crippen MR) is 116 cm³/mol. The van der Waals surface area contributed by atoms with Gasteiger partial charge in [-0.25, -0.2) is 9.97 Å². The van der Waals surface area contributed by atoms with Crippen LogP contribution in [0.1, 0.15) is 69.8 Å². The second kappa shape index (κ2) is 6.91. The quantitative estimate of drug-likeness (QED) is 0.783. The number of anilines is 1. The van der Waals surface area contributed by atoms with E-state index in [4.69, 9.17) is 9.97 Å². The number of piperidine rings is 1. The smallest absolute Gasteiger partial charge is 0.225 e. The molecule has 0 amide bonds. The Morgan fingerprint density at radius 3 is 2.07 bits per heavy atom. The third-order valence-electron chi connectivity index (χ3n) is 8.97. The van der Waals surface area contributed by atoms with Gasteiger partial charge < -0.3 is 14.7 Å². The van der Waals surface area contributed by atoms with Gasteiger partial charge in [0.05, 0.1) is 0 Å². The van der Waals surface area contributed by atoms with Crippen molar-refractivity contribution in [1.82, 2.24) is 19.8 Å². The molecule has 3 aliphatic heterocycles. The summed E-state index contributed by atoms with van der Waals surface area (Å²) in [6.45, 7) is 7.27. The fourth-order valence-corrected chi connectivity index (χ4v) is 7.66. The molecule has 5 heteroatoms. The van der Waals surface area contributed by atoms with Crippen molar-refractivity contribution < 1.29 is 0 Å². The molecular weight excluding hydrogens is 358 g/mol. The highest BCUT2D eigenvalue weighted by Crippen LogP contribution is 2.60. The van der Waals surface area contributed by atoms with E-state index in [1.54, 1.807) is 0 Å². The molecule has 2 bridgehead atoms. The summed E-state index contributed by atoms with van der Waals surface area (Å²) in [4.78, 5) is 17.5. The molecule has 5 aliphatic rings. The van der Waals surface area contributed by atoms with E-state index in [2.05, 4.69) is 41.1 Å². The Hall–Kier alpha value is -1.20. The largest absolute Gasteiger partial charge is 0.332 e. The van der Waals surface area contributed by atoms with E-state index < -0.39 is 0 Å². The SMILES string of the molecule is CN1CC2CCC(C1)N2c1ncc(C2CCN([C@H]3CC4(C[C@@H](C)C4)C3)CC2)cn1. The maximum atomic E-state index is 4.85. The van der Waals surface area contributed by atoms with Gasteiger partial charge in [0.25, 0.3) is 0 Å². The Bertz CT molecular complexity index is 712. The maximum Gasteiger partial charge on any atom is 0.225 e. The van der Waals surface area contributed by atoms with Gasteiger partial charge in [-0.2, -0.15) is 0 Å². The standard InChI is InChI=1S/C24H37N5/c1-17-9-24(10-17)11-22(12-24)28-7-5-18(6-8-28)19-13-25-23(26-14-19)29-20-3-4-21(29)16-27(2)15-20/h13-14,17-18,20-22H,3-12,15-16H2,1-2H3/t17-,20?,21?,22-,24?. The summed E-state index contributed by atoms with van der Waals surface area (Å²) < 4.78 is 0. The molecule has 1 aromatic heterocycles. The molecule has 3 saturated heterocycles. The molecule has 1 spiro atoms. The van der Waals surface area contributed by atoms with Crippen LogP contribution in [0.3, 0.4) is 0 Å². The Labute approximate surface area is 175 Å². The van der Waals surface area contributed by atoms with Gasteiger partial charge in [0, 0.05) is 43.6 Å². The van der Waals surface area contributed by atoms with E-state index in [0.717, 1.165) is 36.4 Å². The number of aromatic nitrogens is 2. The molecule has 2 unspecified atom stereocenters. The minimum atomic E-state index is 0.609. The molecular formula is C24H37N5. The summed E-state index contributed by atoms with van der Waals surface area (Å²) in [7, 11) is 2.25. The lowest BCUT2D eigenvalue weighted by Crippen LogP contribution is -2.57. The van der Waals surface area contributed by atoms with E-state index >= 15 is 0 Å². The van der Waals surface area contributed by atoms with Crippen molar-refractivity contribution in [1.29, 1.82) is 0 Å². The Morgan fingerprint density at radius 1 is 0.862 bits per heavy atom. The third kappa shape index (κ3) is 3.20. The average molecular weight is 396 g/mol. The van der Waals surface area contributed by atoms with Crippen molar-refractivity contribution in [3.05, 3.63) is 18.0 Å². The lowest BCUT2D eigenvalue weighted by Gasteiger charge is -2.60. The van der Waals surface area contributed by atoms with Crippen molar-refractivity contribution in [2.45, 2.75) is 82.3 Å². The van der Waals surface area contributed by atoms with Gasteiger partial charge in [-0.05, 0) is 94.3 Å². The van der Waals surface area contributed by atoms with Crippen molar-refractivity contribution in [2.75, 3.05) is 38.1 Å². The Balaban J connectivity index is 1.04. The molecule has 2 atom stereocenters. The average Bonchev–Trinajstić information content (AvgIpc) is 2.95. The molecule has 158 valence electrons. The molecule has 5 fully saturated rings. The number of hydrogen-bond donors (Lipinski definition) is 0. The van der Waals surface area contributed by atoms with Crippen LogP contribution in [0.15, 0.2) is 12.4 Å². The highest BCUT2D eigenvalue weighted by molar-refractivity contribution is 5.38. The Morgan fingerprint density at radius 2 is 1.48 bits per heavy atom. The van der Waals surface area contributed by atoms with E-state index in [-0.39, 0.29) is 0 Å². The summed E-state index contributed by atoms with van der Waals surface area (Å²) >= 11 is 0. The minimum Gasteiger partial charge on any atom is -0.332 e. The van der Waals surface area contributed by atoms with Crippen LogP contribution in [0.5, 0.6) is 0 Å². The lowest BCUT2D eigenvalue weighted by atomic mass is 9.50. The number of piperazine rings is 1. The zero-order valence-electron chi connectivity index (χ0n) is 18.3. The van der Waals surface area contributed by atoms with Crippen LogP contribution in [0.4, 0.5) is 5.95 Å². The van der Waals surface area contributed by atoms with E-state index in [1.807, 2.05) is 0 Å². The molecule has 5 nitrogen and oxygen atoms in total. The molecule has 0 aromatic carbocycles. The fourth-order valence-electron chi connectivity index (χ4n) is 7.66. The summed E-state index contributed by atoms with van der Waals surface area (Å²) in [5.74, 6) is 2.62. The molecule has 0 radical (unpaired) electrons.